The number of halogens is 3. The lowest BCUT2D eigenvalue weighted by Gasteiger charge is -2.11. The molecule has 1 aliphatic rings. The number of hydroxylamine groups is 1. The first-order valence-electron chi connectivity index (χ1n) is 4.24. The van der Waals surface area contributed by atoms with Crippen LogP contribution in [0.2, 0.25) is 15.1 Å². The topological polar surface area (TPSA) is 30.5 Å². The minimum absolute atomic E-state index is 0.145. The molecule has 1 N–H and O–H groups in total. The summed E-state index contributed by atoms with van der Waals surface area (Å²) in [5, 5.41) is 1.32. The first-order chi connectivity index (χ1) is 7.15. The number of nitrogens with one attached hydrogen (secondary N) is 1. The fourth-order valence-corrected chi connectivity index (χ4v) is 2.34. The van der Waals surface area contributed by atoms with Gasteiger partial charge in [0, 0.05) is 5.56 Å². The molecule has 0 bridgehead atoms. The standard InChI is InChI=1S/C9H8Cl3NO2/c1-14-13-6-3-15-9-5(11)2-4(10)8(12)7(6)9/h2,6,13H,3H2,1H3. The van der Waals surface area contributed by atoms with Gasteiger partial charge in [-0.2, -0.15) is 5.48 Å². The van der Waals surface area contributed by atoms with Gasteiger partial charge in [0.2, 0.25) is 0 Å². The summed E-state index contributed by atoms with van der Waals surface area (Å²) in [6.45, 7) is 0.420. The average Bonchev–Trinajstić information content (AvgIpc) is 2.60. The third-order valence-corrected chi connectivity index (χ3v) is 3.25. The first-order valence-corrected chi connectivity index (χ1v) is 5.37. The summed E-state index contributed by atoms with van der Waals surface area (Å²) in [7, 11) is 1.53. The minimum atomic E-state index is -0.145. The summed E-state index contributed by atoms with van der Waals surface area (Å²) >= 11 is 18.0. The van der Waals surface area contributed by atoms with Crippen LogP contribution in [-0.2, 0) is 4.84 Å². The highest BCUT2D eigenvalue weighted by atomic mass is 35.5. The number of ether oxygens (including phenoxy) is 1. The highest BCUT2D eigenvalue weighted by molar-refractivity contribution is 6.44. The van der Waals surface area contributed by atoms with E-state index in [2.05, 4.69) is 5.48 Å². The molecular weight excluding hydrogens is 260 g/mol. The van der Waals surface area contributed by atoms with Crippen molar-refractivity contribution in [3.05, 3.63) is 26.7 Å². The maximum Gasteiger partial charge on any atom is 0.144 e. The van der Waals surface area contributed by atoms with Crippen LogP contribution in [0.4, 0.5) is 0 Å². The molecule has 0 fully saturated rings. The summed E-state index contributed by atoms with van der Waals surface area (Å²) in [6, 6.07) is 1.42. The van der Waals surface area contributed by atoms with E-state index in [0.29, 0.717) is 27.4 Å². The molecule has 0 saturated carbocycles. The molecule has 0 amide bonds. The maximum atomic E-state index is 6.07. The van der Waals surface area contributed by atoms with Gasteiger partial charge in [-0.25, -0.2) is 0 Å². The van der Waals surface area contributed by atoms with Gasteiger partial charge in [0.15, 0.2) is 0 Å². The Morgan fingerprint density at radius 3 is 2.80 bits per heavy atom. The predicted octanol–water partition coefficient (Wildman–Crippen LogP) is 3.23. The van der Waals surface area contributed by atoms with Gasteiger partial charge < -0.3 is 9.57 Å². The molecule has 1 aromatic carbocycles. The number of rotatable bonds is 2. The Morgan fingerprint density at radius 2 is 2.13 bits per heavy atom. The van der Waals surface area contributed by atoms with Crippen molar-refractivity contribution < 1.29 is 9.57 Å². The zero-order valence-electron chi connectivity index (χ0n) is 7.81. The molecule has 1 atom stereocenters. The van der Waals surface area contributed by atoms with Crippen LogP contribution in [0, 0.1) is 0 Å². The van der Waals surface area contributed by atoms with Gasteiger partial charge in [0.25, 0.3) is 0 Å². The summed E-state index contributed by atoms with van der Waals surface area (Å²) in [5.74, 6) is 0.570. The third-order valence-electron chi connectivity index (χ3n) is 2.16. The van der Waals surface area contributed by atoms with Crippen molar-refractivity contribution in [1.82, 2.24) is 5.48 Å². The van der Waals surface area contributed by atoms with Crippen LogP contribution in [0.3, 0.4) is 0 Å². The lowest BCUT2D eigenvalue weighted by Crippen LogP contribution is -2.21. The number of hydrogen-bond donors (Lipinski definition) is 1. The highest BCUT2D eigenvalue weighted by Crippen LogP contribution is 2.45. The molecule has 2 rings (SSSR count). The smallest absolute Gasteiger partial charge is 0.144 e. The van der Waals surface area contributed by atoms with Gasteiger partial charge in [-0.1, -0.05) is 34.8 Å². The zero-order valence-corrected chi connectivity index (χ0v) is 10.1. The van der Waals surface area contributed by atoms with Crippen molar-refractivity contribution in [2.45, 2.75) is 6.04 Å². The lowest BCUT2D eigenvalue weighted by atomic mass is 10.1. The second-order valence-electron chi connectivity index (χ2n) is 3.08. The number of benzene rings is 1. The Bertz CT molecular complexity index is 397. The molecule has 1 heterocycles. The van der Waals surface area contributed by atoms with E-state index in [1.807, 2.05) is 0 Å². The largest absolute Gasteiger partial charge is 0.490 e. The molecule has 0 aromatic heterocycles. The Morgan fingerprint density at radius 1 is 1.40 bits per heavy atom. The molecule has 82 valence electrons. The van der Waals surface area contributed by atoms with Crippen LogP contribution >= 0.6 is 34.8 Å². The third kappa shape index (κ3) is 1.90. The molecule has 15 heavy (non-hydrogen) atoms. The van der Waals surface area contributed by atoms with Gasteiger partial charge in [0.1, 0.15) is 12.4 Å². The van der Waals surface area contributed by atoms with E-state index in [1.54, 1.807) is 6.07 Å². The van der Waals surface area contributed by atoms with E-state index in [4.69, 9.17) is 44.4 Å². The molecule has 1 aliphatic heterocycles. The molecule has 3 nitrogen and oxygen atoms in total. The van der Waals surface area contributed by atoms with E-state index in [0.717, 1.165) is 5.56 Å². The lowest BCUT2D eigenvalue weighted by molar-refractivity contribution is 0.0536. The Hall–Kier alpha value is -0.190. The van der Waals surface area contributed by atoms with E-state index in [9.17, 15) is 0 Å². The fraction of sp³-hybridized carbons (Fsp3) is 0.333. The average molecular weight is 269 g/mol. The van der Waals surface area contributed by atoms with E-state index in [-0.39, 0.29) is 6.04 Å². The zero-order chi connectivity index (χ0) is 11.0. The van der Waals surface area contributed by atoms with Crippen LogP contribution < -0.4 is 10.2 Å². The number of hydrogen-bond acceptors (Lipinski definition) is 3. The number of fused-ring (bicyclic) bond motifs is 1. The predicted molar refractivity (Wildman–Crippen MR) is 59.9 cm³/mol. The first kappa shape index (κ1) is 11.3. The van der Waals surface area contributed by atoms with Crippen molar-refractivity contribution in [2.75, 3.05) is 13.7 Å². The summed E-state index contributed by atoms with van der Waals surface area (Å²) in [4.78, 5) is 4.84. The van der Waals surface area contributed by atoms with Gasteiger partial charge in [-0.15, -0.1) is 0 Å². The Balaban J connectivity index is 2.50. The van der Waals surface area contributed by atoms with Crippen LogP contribution in [-0.4, -0.2) is 13.7 Å². The molecule has 0 spiro atoms. The maximum absolute atomic E-state index is 6.07. The SMILES string of the molecule is CONC1COc2c(Cl)cc(Cl)c(Cl)c21. The Kier molecular flexibility index (Phi) is 3.28. The van der Waals surface area contributed by atoms with Crippen LogP contribution in [0.5, 0.6) is 5.75 Å². The van der Waals surface area contributed by atoms with Gasteiger partial charge in [-0.3, -0.25) is 0 Å². The van der Waals surface area contributed by atoms with Crippen molar-refractivity contribution >= 4 is 34.8 Å². The molecular formula is C9H8Cl3NO2. The van der Waals surface area contributed by atoms with Crippen molar-refractivity contribution in [2.24, 2.45) is 0 Å². The van der Waals surface area contributed by atoms with Crippen LogP contribution in [0.1, 0.15) is 11.6 Å². The van der Waals surface area contributed by atoms with Crippen molar-refractivity contribution in [3.63, 3.8) is 0 Å². The second kappa shape index (κ2) is 4.36. The molecule has 0 radical (unpaired) electrons. The van der Waals surface area contributed by atoms with E-state index < -0.39 is 0 Å². The van der Waals surface area contributed by atoms with Gasteiger partial charge in [-0.05, 0) is 6.07 Å². The molecule has 1 unspecified atom stereocenters. The second-order valence-corrected chi connectivity index (χ2v) is 4.27. The van der Waals surface area contributed by atoms with E-state index in [1.165, 1.54) is 7.11 Å². The fourth-order valence-electron chi connectivity index (χ4n) is 1.54. The molecule has 1 aromatic rings. The van der Waals surface area contributed by atoms with Crippen molar-refractivity contribution in [3.8, 4) is 5.75 Å². The van der Waals surface area contributed by atoms with Crippen molar-refractivity contribution in [1.29, 1.82) is 0 Å². The van der Waals surface area contributed by atoms with Gasteiger partial charge in [0.05, 0.1) is 28.2 Å². The molecule has 0 aliphatic carbocycles. The summed E-state index contributed by atoms with van der Waals surface area (Å²) in [5.41, 5.74) is 3.52. The summed E-state index contributed by atoms with van der Waals surface area (Å²) in [6.07, 6.45) is 0. The highest BCUT2D eigenvalue weighted by Gasteiger charge is 2.30. The minimum Gasteiger partial charge on any atom is -0.490 e. The van der Waals surface area contributed by atoms with Crippen LogP contribution in [0.25, 0.3) is 0 Å². The normalized spacial score (nSPS) is 18.8. The molecule has 0 saturated heterocycles. The van der Waals surface area contributed by atoms with E-state index >= 15 is 0 Å². The van der Waals surface area contributed by atoms with Gasteiger partial charge >= 0.3 is 0 Å². The quantitative estimate of drug-likeness (QED) is 0.660. The summed E-state index contributed by atoms with van der Waals surface area (Å²) < 4.78 is 5.41. The Labute approximate surface area is 102 Å². The molecule has 6 heteroatoms. The monoisotopic (exact) mass is 267 g/mol. The van der Waals surface area contributed by atoms with Crippen LogP contribution in [0.15, 0.2) is 6.07 Å².